The number of rotatable bonds is 5. The molecule has 3 rings (SSSR count). The number of carbonyl (C=O) groups is 2. The number of nitrogens with zero attached hydrogens (tertiary/aromatic N) is 1. The maximum atomic E-state index is 12.8. The molecule has 132 valence electrons. The molecule has 1 amide bonds. The number of hydrogen-bond donors (Lipinski definition) is 1. The van der Waals surface area contributed by atoms with Gasteiger partial charge in [-0.15, -0.1) is 0 Å². The molecule has 1 saturated heterocycles. The monoisotopic (exact) mass is 447 g/mol. The first-order valence-electron chi connectivity index (χ1n) is 7.75. The number of benzene rings is 2. The van der Waals surface area contributed by atoms with E-state index in [1.165, 1.54) is 4.90 Å². The predicted molar refractivity (Wildman–Crippen MR) is 111 cm³/mol. The normalized spacial score (nSPS) is 17.0. The van der Waals surface area contributed by atoms with Crippen molar-refractivity contribution < 1.29 is 14.7 Å². The molecule has 7 heteroatoms. The van der Waals surface area contributed by atoms with Crippen LogP contribution in [0.1, 0.15) is 11.1 Å². The van der Waals surface area contributed by atoms with Crippen LogP contribution >= 0.6 is 39.9 Å². The van der Waals surface area contributed by atoms with Gasteiger partial charge in [-0.05, 0) is 29.3 Å². The number of amides is 1. The summed E-state index contributed by atoms with van der Waals surface area (Å²) < 4.78 is 1.16. The summed E-state index contributed by atoms with van der Waals surface area (Å²) in [6.07, 6.45) is 1.93. The van der Waals surface area contributed by atoms with Gasteiger partial charge in [-0.25, -0.2) is 4.79 Å². The minimum absolute atomic E-state index is 0.201. The number of hydrogen-bond acceptors (Lipinski definition) is 4. The molecule has 0 saturated carbocycles. The molecule has 1 aliphatic heterocycles. The van der Waals surface area contributed by atoms with Gasteiger partial charge < -0.3 is 5.11 Å². The van der Waals surface area contributed by atoms with Crippen LogP contribution in [0.2, 0.25) is 0 Å². The van der Waals surface area contributed by atoms with Crippen molar-refractivity contribution in [3.63, 3.8) is 0 Å². The summed E-state index contributed by atoms with van der Waals surface area (Å²) >= 11 is 9.83. The van der Waals surface area contributed by atoms with E-state index in [2.05, 4.69) is 15.9 Å². The van der Waals surface area contributed by atoms with Crippen LogP contribution in [-0.2, 0) is 16.0 Å². The highest BCUT2D eigenvalue weighted by Gasteiger charge is 2.40. The summed E-state index contributed by atoms with van der Waals surface area (Å²) in [6.45, 7) is 0. The van der Waals surface area contributed by atoms with Crippen molar-refractivity contribution in [3.8, 4) is 0 Å². The number of aliphatic carboxylic acids is 1. The molecule has 4 nitrogen and oxygen atoms in total. The Hall–Kier alpha value is -1.96. The fraction of sp³-hybridized carbons (Fsp3) is 0.105. The summed E-state index contributed by atoms with van der Waals surface area (Å²) in [5.41, 5.74) is 1.68. The standard InChI is InChI=1S/C19H14BrNO3S2/c20-14-8-4-7-13(9-14)11-16-17(22)21(19(25)26-16)15(18(23)24)10-12-5-2-1-3-6-12/h1-9,11,15H,10H2,(H,23,24). The molecular weight excluding hydrogens is 434 g/mol. The second kappa shape index (κ2) is 8.16. The highest BCUT2D eigenvalue weighted by Crippen LogP contribution is 2.35. The number of halogens is 1. The van der Waals surface area contributed by atoms with Gasteiger partial charge >= 0.3 is 5.97 Å². The Morgan fingerprint density at radius 2 is 1.96 bits per heavy atom. The molecule has 1 fully saturated rings. The molecule has 1 unspecified atom stereocenters. The van der Waals surface area contributed by atoms with Gasteiger partial charge in [0.2, 0.25) is 0 Å². The quantitative estimate of drug-likeness (QED) is 0.545. The summed E-state index contributed by atoms with van der Waals surface area (Å²) in [4.78, 5) is 26.2. The van der Waals surface area contributed by atoms with Gasteiger partial charge in [0.25, 0.3) is 5.91 Å². The van der Waals surface area contributed by atoms with Gasteiger partial charge in [0.05, 0.1) is 4.91 Å². The zero-order valence-electron chi connectivity index (χ0n) is 13.5. The Labute approximate surface area is 169 Å². The number of thiocarbonyl (C=S) groups is 1. The third-order valence-corrected chi connectivity index (χ3v) is 5.66. The van der Waals surface area contributed by atoms with E-state index in [4.69, 9.17) is 12.2 Å². The van der Waals surface area contributed by atoms with E-state index in [1.807, 2.05) is 54.6 Å². The van der Waals surface area contributed by atoms with Crippen molar-refractivity contribution in [1.29, 1.82) is 0 Å². The molecule has 2 aromatic rings. The molecule has 0 radical (unpaired) electrons. The van der Waals surface area contributed by atoms with Crippen LogP contribution in [-0.4, -0.2) is 32.2 Å². The summed E-state index contributed by atoms with van der Waals surface area (Å²) in [6, 6.07) is 15.7. The zero-order chi connectivity index (χ0) is 18.7. The average Bonchev–Trinajstić information content (AvgIpc) is 2.87. The van der Waals surface area contributed by atoms with E-state index in [-0.39, 0.29) is 16.6 Å². The first-order valence-corrected chi connectivity index (χ1v) is 9.77. The fourth-order valence-electron chi connectivity index (χ4n) is 2.62. The van der Waals surface area contributed by atoms with E-state index in [9.17, 15) is 14.7 Å². The second-order valence-corrected chi connectivity index (χ2v) is 8.24. The Bertz CT molecular complexity index is 899. The Morgan fingerprint density at radius 1 is 1.23 bits per heavy atom. The van der Waals surface area contributed by atoms with Crippen LogP contribution in [0.4, 0.5) is 0 Å². The Kier molecular flexibility index (Phi) is 5.90. The van der Waals surface area contributed by atoms with Crippen LogP contribution in [0.3, 0.4) is 0 Å². The first-order chi connectivity index (χ1) is 12.5. The molecule has 1 aliphatic rings. The van der Waals surface area contributed by atoms with Gasteiger partial charge in [0, 0.05) is 10.9 Å². The molecule has 0 bridgehead atoms. The Morgan fingerprint density at radius 3 is 2.62 bits per heavy atom. The van der Waals surface area contributed by atoms with Gasteiger partial charge in [-0.2, -0.15) is 0 Å². The van der Waals surface area contributed by atoms with Crippen molar-refractivity contribution in [2.24, 2.45) is 0 Å². The third-order valence-electron chi connectivity index (χ3n) is 3.84. The highest BCUT2D eigenvalue weighted by molar-refractivity contribution is 9.10. The van der Waals surface area contributed by atoms with Crippen LogP contribution in [0.15, 0.2) is 64.0 Å². The lowest BCUT2D eigenvalue weighted by molar-refractivity contribution is -0.145. The summed E-state index contributed by atoms with van der Waals surface area (Å²) in [7, 11) is 0. The fourth-order valence-corrected chi connectivity index (χ4v) is 4.40. The van der Waals surface area contributed by atoms with Gasteiger partial charge in [0.1, 0.15) is 10.4 Å². The van der Waals surface area contributed by atoms with Gasteiger partial charge in [0.15, 0.2) is 0 Å². The molecule has 0 aromatic heterocycles. The van der Waals surface area contributed by atoms with Crippen molar-refractivity contribution in [2.75, 3.05) is 0 Å². The third kappa shape index (κ3) is 4.23. The minimum atomic E-state index is -1.08. The molecule has 0 aliphatic carbocycles. The maximum Gasteiger partial charge on any atom is 0.327 e. The van der Waals surface area contributed by atoms with E-state index >= 15 is 0 Å². The molecule has 1 atom stereocenters. The van der Waals surface area contributed by atoms with E-state index in [0.717, 1.165) is 27.4 Å². The van der Waals surface area contributed by atoms with Crippen molar-refractivity contribution >= 4 is 62.2 Å². The van der Waals surface area contributed by atoms with E-state index in [0.29, 0.717) is 4.91 Å². The largest absolute Gasteiger partial charge is 0.480 e. The molecule has 0 spiro atoms. The van der Waals surface area contributed by atoms with Gasteiger partial charge in [-0.3, -0.25) is 9.69 Å². The molecule has 1 N–H and O–H groups in total. The first kappa shape index (κ1) is 18.8. The minimum Gasteiger partial charge on any atom is -0.480 e. The summed E-state index contributed by atoms with van der Waals surface area (Å²) in [5, 5.41) is 9.65. The molecular formula is C19H14BrNO3S2. The zero-order valence-corrected chi connectivity index (χ0v) is 16.7. The van der Waals surface area contributed by atoms with Crippen LogP contribution < -0.4 is 0 Å². The number of carboxylic acids is 1. The Balaban J connectivity index is 1.88. The average molecular weight is 448 g/mol. The topological polar surface area (TPSA) is 57.6 Å². The van der Waals surface area contributed by atoms with E-state index in [1.54, 1.807) is 6.08 Å². The van der Waals surface area contributed by atoms with Crippen LogP contribution in [0.5, 0.6) is 0 Å². The van der Waals surface area contributed by atoms with Gasteiger partial charge in [-0.1, -0.05) is 82.4 Å². The number of thioether (sulfide) groups is 1. The lowest BCUT2D eigenvalue weighted by atomic mass is 10.0. The predicted octanol–water partition coefficient (Wildman–Crippen LogP) is 4.35. The van der Waals surface area contributed by atoms with Crippen molar-refractivity contribution in [1.82, 2.24) is 4.90 Å². The lowest BCUT2D eigenvalue weighted by Gasteiger charge is -2.23. The summed E-state index contributed by atoms with van der Waals surface area (Å²) in [5.74, 6) is -1.45. The van der Waals surface area contributed by atoms with Crippen LogP contribution in [0.25, 0.3) is 6.08 Å². The van der Waals surface area contributed by atoms with Crippen molar-refractivity contribution in [3.05, 3.63) is 75.1 Å². The molecule has 1 heterocycles. The van der Waals surface area contributed by atoms with Crippen molar-refractivity contribution in [2.45, 2.75) is 12.5 Å². The highest BCUT2D eigenvalue weighted by atomic mass is 79.9. The number of carboxylic acid groups (broad SMARTS) is 1. The lowest BCUT2D eigenvalue weighted by Crippen LogP contribution is -2.45. The smallest absolute Gasteiger partial charge is 0.327 e. The molecule has 26 heavy (non-hydrogen) atoms. The maximum absolute atomic E-state index is 12.8. The SMILES string of the molecule is O=C(O)C(Cc1ccccc1)N1C(=O)C(=Cc2cccc(Br)c2)SC1=S. The molecule has 2 aromatic carbocycles. The number of carbonyl (C=O) groups excluding carboxylic acids is 1. The second-order valence-electron chi connectivity index (χ2n) is 5.65. The van der Waals surface area contributed by atoms with E-state index < -0.39 is 12.0 Å². The van der Waals surface area contributed by atoms with Crippen LogP contribution in [0, 0.1) is 0 Å².